The molecule has 2 heterocycles. The molecular formula is C30H30N2O8. The van der Waals surface area contributed by atoms with Gasteiger partial charge in [0.2, 0.25) is 0 Å². The van der Waals surface area contributed by atoms with Crippen molar-refractivity contribution in [1.29, 1.82) is 0 Å². The first-order chi connectivity index (χ1) is 19.3. The third kappa shape index (κ3) is 5.10. The molecule has 0 bridgehead atoms. The molecule has 208 valence electrons. The van der Waals surface area contributed by atoms with Gasteiger partial charge in [0.25, 0.3) is 5.56 Å². The molecule has 0 unspecified atom stereocenters. The molecule has 5 atom stereocenters. The van der Waals surface area contributed by atoms with E-state index < -0.39 is 47.5 Å². The van der Waals surface area contributed by atoms with E-state index >= 15 is 0 Å². The number of aromatic amines is 1. The van der Waals surface area contributed by atoms with E-state index in [0.717, 1.165) is 33.5 Å². The fourth-order valence-corrected chi connectivity index (χ4v) is 5.05. The zero-order valence-electron chi connectivity index (χ0n) is 21.7. The molecule has 10 nitrogen and oxygen atoms in total. The van der Waals surface area contributed by atoms with Gasteiger partial charge < -0.3 is 29.5 Å². The van der Waals surface area contributed by atoms with Crippen LogP contribution in [0.2, 0.25) is 0 Å². The smallest absolute Gasteiger partial charge is 0.330 e. The average molecular weight is 556 g/mol. The maximum Gasteiger partial charge on any atom is 0.330 e. The number of aromatic nitrogens is 2. The van der Waals surface area contributed by atoms with Gasteiger partial charge in [-0.2, -0.15) is 0 Å². The van der Waals surface area contributed by atoms with E-state index in [4.69, 9.17) is 14.2 Å². The Hall–Kier alpha value is -4.06. The van der Waals surface area contributed by atoms with Crippen molar-refractivity contribution in [1.82, 2.24) is 9.55 Å². The SMILES string of the molecule is COc1ccc(C(O[13CH2][13C@H]2O[13C@@H]([15n]3[13cH]cc(=O)[15nH]c3=O)[13C@H](O)[13C@@H](O)[13C@@H]2O)(c2ccccc2)c2ccccc2)cc1. The molecule has 0 saturated carbocycles. The van der Waals surface area contributed by atoms with Gasteiger partial charge in [0.05, 0.1) is 13.7 Å². The molecule has 3 aromatic carbocycles. The molecule has 1 aliphatic rings. The number of nitrogens with one attached hydrogen (secondary N) is 1. The molecule has 0 aliphatic carbocycles. The summed E-state index contributed by atoms with van der Waals surface area (Å²) in [7, 11) is 1.58. The number of benzene rings is 3. The lowest BCUT2D eigenvalue weighted by molar-refractivity contribution is -0.259. The predicted molar refractivity (Wildman–Crippen MR) is 145 cm³/mol. The van der Waals surface area contributed by atoms with Crippen molar-refractivity contribution in [2.45, 2.75) is 36.2 Å². The highest BCUT2D eigenvalue weighted by Crippen LogP contribution is 2.42. The van der Waals surface area contributed by atoms with Crippen molar-refractivity contribution >= 4 is 0 Å². The van der Waals surface area contributed by atoms with Gasteiger partial charge in [0, 0.05) is 12.3 Å². The highest BCUT2D eigenvalue weighted by molar-refractivity contribution is 5.48. The monoisotopic (exact) mass is 555 g/mol. The van der Waals surface area contributed by atoms with Crippen molar-refractivity contribution in [2.24, 2.45) is 0 Å². The first kappa shape index (κ1) is 27.5. The summed E-state index contributed by atoms with van der Waals surface area (Å²) in [5, 5.41) is 32.2. The lowest BCUT2D eigenvalue weighted by Gasteiger charge is -2.43. The van der Waals surface area contributed by atoms with Gasteiger partial charge in [-0.15, -0.1) is 0 Å². The van der Waals surface area contributed by atoms with Gasteiger partial charge in [-0.1, -0.05) is 72.8 Å². The normalized spacial score (nSPS) is 23.1. The van der Waals surface area contributed by atoms with Gasteiger partial charge in [-0.25, -0.2) is 4.79 Å². The first-order valence-electron chi connectivity index (χ1n) is 12.8. The Kier molecular flexibility index (Phi) is 7.97. The van der Waals surface area contributed by atoms with Crippen LogP contribution >= 0.6 is 0 Å². The molecule has 1 fully saturated rings. The maximum atomic E-state index is 12.4. The van der Waals surface area contributed by atoms with E-state index in [-0.39, 0.29) is 6.61 Å². The molecule has 0 amide bonds. The summed E-state index contributed by atoms with van der Waals surface area (Å²) in [5.41, 5.74) is -0.271. The first-order valence-corrected chi connectivity index (χ1v) is 12.8. The Bertz CT molecular complexity index is 1480. The summed E-state index contributed by atoms with van der Waals surface area (Å²) < 4.78 is 19.0. The second-order valence-electron chi connectivity index (χ2n) is 9.51. The van der Waals surface area contributed by atoms with E-state index in [9.17, 15) is 24.9 Å². The minimum atomic E-state index is -1.66. The third-order valence-corrected chi connectivity index (χ3v) is 7.13. The number of methoxy groups -OCH3 is 1. The largest absolute Gasteiger partial charge is 0.497 e. The molecule has 0 radical (unpaired) electrons. The van der Waals surface area contributed by atoms with Crippen molar-refractivity contribution in [2.75, 3.05) is 13.7 Å². The van der Waals surface area contributed by atoms with Gasteiger partial charge in [0.15, 0.2) is 6.23 Å². The summed E-state index contributed by atoms with van der Waals surface area (Å²) in [6.07, 6.45) is -6.23. The fraction of sp³-hybridized carbons (Fsp3) is 0.267. The van der Waals surface area contributed by atoms with Crippen LogP contribution in [0.15, 0.2) is 107 Å². The Balaban J connectivity index is 1.56. The van der Waals surface area contributed by atoms with Crippen LogP contribution in [-0.2, 0) is 15.1 Å². The second-order valence-corrected chi connectivity index (χ2v) is 9.51. The van der Waals surface area contributed by atoms with Crippen LogP contribution in [0.1, 0.15) is 22.9 Å². The number of rotatable bonds is 8. The summed E-state index contributed by atoms with van der Waals surface area (Å²) in [6.45, 7) is -0.241. The van der Waals surface area contributed by atoms with Crippen LogP contribution in [0.25, 0.3) is 0 Å². The zero-order chi connectivity index (χ0) is 28.3. The molecule has 4 N–H and O–H groups in total. The number of nitrogens with zero attached hydrogens (tertiary/aromatic N) is 1. The lowest BCUT2D eigenvalue weighted by atomic mass is 9.80. The second kappa shape index (κ2) is 11.6. The van der Waals surface area contributed by atoms with E-state index in [1.807, 2.05) is 84.9 Å². The van der Waals surface area contributed by atoms with Gasteiger partial charge in [-0.3, -0.25) is 14.3 Å². The van der Waals surface area contributed by atoms with Gasteiger partial charge in [0.1, 0.15) is 35.8 Å². The van der Waals surface area contributed by atoms with E-state index in [1.54, 1.807) is 7.11 Å². The minimum Gasteiger partial charge on any atom is -0.497 e. The molecule has 5 rings (SSSR count). The van der Waals surface area contributed by atoms with Crippen LogP contribution < -0.4 is 16.0 Å². The topological polar surface area (TPSA) is 143 Å². The average Bonchev–Trinajstić information content (AvgIpc) is 2.99. The Labute approximate surface area is 229 Å². The van der Waals surface area contributed by atoms with Crippen molar-refractivity contribution in [3.63, 3.8) is 0 Å². The third-order valence-electron chi connectivity index (χ3n) is 7.13. The highest BCUT2D eigenvalue weighted by Gasteiger charge is 2.47. The number of hydrogen-bond donors (Lipinski definition) is 4. The Morgan fingerprint density at radius 1 is 0.800 bits per heavy atom. The van der Waals surface area contributed by atoms with Crippen molar-refractivity contribution in [3.05, 3.63) is 135 Å². The van der Waals surface area contributed by atoms with E-state index in [1.165, 1.54) is 0 Å². The number of ether oxygens (including phenoxy) is 3. The van der Waals surface area contributed by atoms with Gasteiger partial charge >= 0.3 is 5.69 Å². The molecule has 4 aromatic rings. The Morgan fingerprint density at radius 3 is 1.93 bits per heavy atom. The molecular weight excluding hydrogens is 525 g/mol. The van der Waals surface area contributed by atoms with E-state index in [2.05, 4.69) is 4.98 Å². The van der Waals surface area contributed by atoms with Crippen LogP contribution in [0.4, 0.5) is 0 Å². The molecule has 10 heteroatoms. The fourth-order valence-electron chi connectivity index (χ4n) is 5.05. The van der Waals surface area contributed by atoms with E-state index in [0.29, 0.717) is 5.75 Å². The number of H-pyrrole nitrogens is 1. The minimum absolute atomic E-state index is 0.241. The van der Waals surface area contributed by atoms with Gasteiger partial charge in [-0.05, 0) is 28.8 Å². The summed E-state index contributed by atoms with van der Waals surface area (Å²) in [5.74, 6) is 0.663. The van der Waals surface area contributed by atoms with Crippen LogP contribution in [-0.4, -0.2) is 63.0 Å². The van der Waals surface area contributed by atoms with Crippen molar-refractivity contribution < 1.29 is 29.5 Å². The summed E-state index contributed by atoms with van der Waals surface area (Å²) in [4.78, 5) is 26.1. The van der Waals surface area contributed by atoms with Crippen LogP contribution in [0, 0.1) is 0 Å². The Morgan fingerprint density at radius 2 is 1.38 bits per heavy atom. The predicted octanol–water partition coefficient (Wildman–Crippen LogP) is 1.53. The molecule has 40 heavy (non-hydrogen) atoms. The zero-order valence-corrected chi connectivity index (χ0v) is 21.7. The summed E-state index contributed by atoms with van der Waals surface area (Å²) >= 11 is 0. The quantitative estimate of drug-likeness (QED) is 0.189. The maximum absolute atomic E-state index is 12.4. The van der Waals surface area contributed by atoms with Crippen LogP contribution in [0.5, 0.6) is 5.75 Å². The standard InChI is InChI=1S/C30H30N2O8/c1-38-22-14-12-21(13-15-22)30(19-8-4-2-5-9-19,20-10-6-3-7-11-20)39-18-23-25(34)26(35)27(36)28(40-23)32-17-16-24(33)31-29(32)37/h2-17,23,25-28,34-36H,18H2,1H3,(H,31,33,37)/t23-,25-,26+,27-,28-/m1/s1/i17+1,18+1,23+1,25+1,26+1,27+1,28+1,31+1,32+1. The molecule has 1 saturated heterocycles. The number of aliphatic hydroxyl groups excluding tert-OH is 3. The number of hydrogen-bond acceptors (Lipinski definition) is 8. The lowest BCUT2D eigenvalue weighted by Crippen LogP contribution is -2.58. The molecule has 1 aliphatic heterocycles. The van der Waals surface area contributed by atoms with Crippen molar-refractivity contribution in [3.8, 4) is 5.75 Å². The van der Waals surface area contributed by atoms with Crippen LogP contribution in [0.3, 0.4) is 0 Å². The molecule has 0 spiro atoms. The molecule has 1 aromatic heterocycles. The summed E-state index contributed by atoms with van der Waals surface area (Å²) in [6, 6.07) is 27.6. The highest BCUT2D eigenvalue weighted by atomic mass is 16.8. The number of aliphatic hydroxyl groups is 3.